The first kappa shape index (κ1) is 22.1. The molecule has 0 radical (unpaired) electrons. The second-order valence-electron chi connectivity index (χ2n) is 7.08. The summed E-state index contributed by atoms with van der Waals surface area (Å²) in [5.41, 5.74) is 2.82. The van der Waals surface area contributed by atoms with E-state index in [1.807, 2.05) is 19.1 Å². The Morgan fingerprint density at radius 3 is 2.23 bits per heavy atom. The smallest absolute Gasteiger partial charge is 0.338 e. The summed E-state index contributed by atoms with van der Waals surface area (Å²) in [6.45, 7) is 4.34. The molecule has 0 bridgehead atoms. The van der Waals surface area contributed by atoms with Gasteiger partial charge in [-0.05, 0) is 49.2 Å². The molecule has 0 saturated heterocycles. The molecule has 0 saturated carbocycles. The second-order valence-corrected chi connectivity index (χ2v) is 7.08. The van der Waals surface area contributed by atoms with Crippen molar-refractivity contribution in [2.75, 3.05) is 6.61 Å². The van der Waals surface area contributed by atoms with Crippen LogP contribution in [0.2, 0.25) is 0 Å². The van der Waals surface area contributed by atoms with Crippen molar-refractivity contribution < 1.29 is 24.2 Å². The summed E-state index contributed by atoms with van der Waals surface area (Å²) in [5.74, 6) is 0.0224. The number of aromatic hydroxyl groups is 1. The van der Waals surface area contributed by atoms with Crippen LogP contribution < -0.4 is 4.74 Å². The fourth-order valence-corrected chi connectivity index (χ4v) is 3.33. The number of benzene rings is 3. The van der Waals surface area contributed by atoms with Gasteiger partial charge >= 0.3 is 5.97 Å². The van der Waals surface area contributed by atoms with Gasteiger partial charge in [0, 0.05) is 11.1 Å². The summed E-state index contributed by atoms with van der Waals surface area (Å²) < 4.78 is 10.8. The van der Waals surface area contributed by atoms with Gasteiger partial charge in [-0.2, -0.15) is 0 Å². The van der Waals surface area contributed by atoms with Gasteiger partial charge in [0.05, 0.1) is 17.7 Å². The molecule has 0 unspecified atom stereocenters. The van der Waals surface area contributed by atoms with Gasteiger partial charge in [0.1, 0.15) is 18.1 Å². The maximum Gasteiger partial charge on any atom is 0.338 e. The molecular weight excluding hydrogens is 392 g/mol. The standard InChI is InChI=1S/C26H26O5/c1-3-8-22-20(17-31-21-14-11-19(12-15-21)26(29)30-4-2)13-16-23(25(22)28)24(27)18-9-6-5-7-10-18/h5-7,9-16,28H,3-4,8,17H2,1-2H3. The minimum absolute atomic E-state index is 0.00876. The number of hydrogen-bond donors (Lipinski definition) is 1. The number of rotatable bonds is 9. The maximum absolute atomic E-state index is 12.8. The topological polar surface area (TPSA) is 72.8 Å². The third kappa shape index (κ3) is 5.31. The Hall–Kier alpha value is -3.60. The lowest BCUT2D eigenvalue weighted by Crippen LogP contribution is -2.07. The molecule has 0 aromatic heterocycles. The van der Waals surface area contributed by atoms with Gasteiger partial charge in [0.15, 0.2) is 5.78 Å². The normalized spacial score (nSPS) is 10.5. The number of ketones is 1. The van der Waals surface area contributed by atoms with Crippen molar-refractivity contribution in [3.05, 3.63) is 94.5 Å². The summed E-state index contributed by atoms with van der Waals surface area (Å²) in [6, 6.07) is 19.1. The van der Waals surface area contributed by atoms with Gasteiger partial charge in [0.2, 0.25) is 0 Å². The van der Waals surface area contributed by atoms with Crippen molar-refractivity contribution in [3.8, 4) is 11.5 Å². The van der Waals surface area contributed by atoms with E-state index in [1.165, 1.54) is 0 Å². The Kier molecular flexibility index (Phi) is 7.44. The van der Waals surface area contributed by atoms with E-state index in [9.17, 15) is 14.7 Å². The first-order valence-corrected chi connectivity index (χ1v) is 10.4. The highest BCUT2D eigenvalue weighted by Crippen LogP contribution is 2.30. The van der Waals surface area contributed by atoms with E-state index in [0.717, 1.165) is 12.0 Å². The van der Waals surface area contributed by atoms with Gasteiger partial charge in [-0.15, -0.1) is 0 Å². The van der Waals surface area contributed by atoms with Crippen molar-refractivity contribution >= 4 is 11.8 Å². The number of phenolic OH excluding ortho intramolecular Hbond substituents is 1. The summed E-state index contributed by atoms with van der Waals surface area (Å²) in [4.78, 5) is 24.6. The van der Waals surface area contributed by atoms with E-state index in [0.29, 0.717) is 35.5 Å². The first-order chi connectivity index (χ1) is 15.0. The average Bonchev–Trinajstić information content (AvgIpc) is 2.80. The van der Waals surface area contributed by atoms with Crippen LogP contribution in [0.3, 0.4) is 0 Å². The molecule has 0 amide bonds. The highest BCUT2D eigenvalue weighted by atomic mass is 16.5. The lowest BCUT2D eigenvalue weighted by atomic mass is 9.94. The molecule has 3 aromatic carbocycles. The molecule has 0 aliphatic carbocycles. The molecule has 0 aliphatic rings. The Morgan fingerprint density at radius 2 is 1.58 bits per heavy atom. The molecule has 0 fully saturated rings. The zero-order chi connectivity index (χ0) is 22.2. The van der Waals surface area contributed by atoms with E-state index in [1.54, 1.807) is 61.5 Å². The highest BCUT2D eigenvalue weighted by molar-refractivity contribution is 6.10. The molecule has 31 heavy (non-hydrogen) atoms. The van der Waals surface area contributed by atoms with E-state index in [-0.39, 0.29) is 29.7 Å². The van der Waals surface area contributed by atoms with Gasteiger partial charge in [-0.25, -0.2) is 4.79 Å². The Balaban J connectivity index is 1.79. The molecule has 0 heterocycles. The number of carbonyl (C=O) groups excluding carboxylic acids is 2. The summed E-state index contributed by atoms with van der Waals surface area (Å²) in [6.07, 6.45) is 1.44. The minimum Gasteiger partial charge on any atom is -0.507 e. The molecule has 160 valence electrons. The fourth-order valence-electron chi connectivity index (χ4n) is 3.33. The third-order valence-electron chi connectivity index (χ3n) is 4.92. The highest BCUT2D eigenvalue weighted by Gasteiger charge is 2.19. The van der Waals surface area contributed by atoms with Crippen molar-refractivity contribution in [2.45, 2.75) is 33.3 Å². The van der Waals surface area contributed by atoms with Crippen LogP contribution >= 0.6 is 0 Å². The van der Waals surface area contributed by atoms with E-state index >= 15 is 0 Å². The Morgan fingerprint density at radius 1 is 0.871 bits per heavy atom. The van der Waals surface area contributed by atoms with Crippen LogP contribution in [0.5, 0.6) is 11.5 Å². The third-order valence-corrected chi connectivity index (χ3v) is 4.92. The van der Waals surface area contributed by atoms with Crippen LogP contribution in [-0.4, -0.2) is 23.5 Å². The van der Waals surface area contributed by atoms with Gasteiger partial charge in [0.25, 0.3) is 0 Å². The van der Waals surface area contributed by atoms with Crippen molar-refractivity contribution in [1.82, 2.24) is 0 Å². The number of phenols is 1. The lowest BCUT2D eigenvalue weighted by Gasteiger charge is -2.15. The second kappa shape index (κ2) is 10.4. The minimum atomic E-state index is -0.372. The average molecular weight is 418 g/mol. The Bertz CT molecular complexity index is 1040. The maximum atomic E-state index is 12.8. The quantitative estimate of drug-likeness (QED) is 0.375. The van der Waals surface area contributed by atoms with E-state index in [4.69, 9.17) is 9.47 Å². The number of carbonyl (C=O) groups is 2. The predicted octanol–water partition coefficient (Wildman–Crippen LogP) is 5.33. The zero-order valence-corrected chi connectivity index (χ0v) is 17.8. The molecule has 1 N–H and O–H groups in total. The summed E-state index contributed by atoms with van der Waals surface area (Å²) >= 11 is 0. The molecule has 0 spiro atoms. The van der Waals surface area contributed by atoms with Crippen LogP contribution in [0, 0.1) is 0 Å². The molecule has 0 aliphatic heterocycles. The van der Waals surface area contributed by atoms with Crippen LogP contribution in [0.1, 0.15) is 57.7 Å². The van der Waals surface area contributed by atoms with Crippen LogP contribution in [-0.2, 0) is 17.8 Å². The van der Waals surface area contributed by atoms with Crippen molar-refractivity contribution in [1.29, 1.82) is 0 Å². The molecule has 0 atom stereocenters. The molecule has 5 heteroatoms. The molecule has 5 nitrogen and oxygen atoms in total. The predicted molar refractivity (Wildman–Crippen MR) is 119 cm³/mol. The monoisotopic (exact) mass is 418 g/mol. The van der Waals surface area contributed by atoms with Crippen molar-refractivity contribution in [3.63, 3.8) is 0 Å². The van der Waals surface area contributed by atoms with Crippen LogP contribution in [0.4, 0.5) is 0 Å². The lowest BCUT2D eigenvalue weighted by molar-refractivity contribution is 0.0526. The zero-order valence-electron chi connectivity index (χ0n) is 17.8. The van der Waals surface area contributed by atoms with Crippen LogP contribution in [0.25, 0.3) is 0 Å². The fraction of sp³-hybridized carbons (Fsp3) is 0.231. The van der Waals surface area contributed by atoms with Crippen molar-refractivity contribution in [2.24, 2.45) is 0 Å². The molecular formula is C26H26O5. The van der Waals surface area contributed by atoms with Gasteiger partial charge in [-0.3, -0.25) is 4.79 Å². The van der Waals surface area contributed by atoms with Gasteiger partial charge < -0.3 is 14.6 Å². The van der Waals surface area contributed by atoms with Crippen LogP contribution in [0.15, 0.2) is 66.7 Å². The summed E-state index contributed by atoms with van der Waals surface area (Å²) in [7, 11) is 0. The van der Waals surface area contributed by atoms with E-state index < -0.39 is 0 Å². The first-order valence-electron chi connectivity index (χ1n) is 10.4. The largest absolute Gasteiger partial charge is 0.507 e. The number of hydrogen-bond acceptors (Lipinski definition) is 5. The van der Waals surface area contributed by atoms with Gasteiger partial charge in [-0.1, -0.05) is 49.7 Å². The van der Waals surface area contributed by atoms with E-state index in [2.05, 4.69) is 0 Å². The number of esters is 1. The SMILES string of the molecule is CCCc1c(COc2ccc(C(=O)OCC)cc2)ccc(C(=O)c2ccccc2)c1O. The molecule has 3 aromatic rings. The number of ether oxygens (including phenoxy) is 2. The Labute approximate surface area is 182 Å². The molecule has 3 rings (SSSR count). The summed E-state index contributed by atoms with van der Waals surface area (Å²) in [5, 5.41) is 10.8.